The van der Waals surface area contributed by atoms with E-state index >= 15 is 0 Å². The molecular weight excluding hydrogens is 178 g/mol. The molecule has 1 aromatic rings. The van der Waals surface area contributed by atoms with Gasteiger partial charge < -0.3 is 10.5 Å². The number of nitrogens with two attached hydrogens (primary N) is 1. The molecule has 2 aliphatic rings. The molecule has 4 nitrogen and oxygen atoms in total. The van der Waals surface area contributed by atoms with Crippen LogP contribution in [-0.2, 0) is 16.6 Å². The van der Waals surface area contributed by atoms with Crippen LogP contribution in [0.4, 0.5) is 5.82 Å². The molecule has 2 atom stereocenters. The number of aromatic amines is 1. The molecule has 14 heavy (non-hydrogen) atoms. The predicted octanol–water partition coefficient (Wildman–Crippen LogP) is 0.842. The Morgan fingerprint density at radius 3 is 3.14 bits per heavy atom. The lowest BCUT2D eigenvalue weighted by Gasteiger charge is -2.10. The molecule has 0 bridgehead atoms. The average Bonchev–Trinajstić information content (AvgIpc) is 2.59. The highest BCUT2D eigenvalue weighted by Gasteiger charge is 2.61. The second-order valence-electron chi connectivity index (χ2n) is 4.39. The van der Waals surface area contributed by atoms with Crippen LogP contribution in [-0.4, -0.2) is 23.4 Å². The fraction of sp³-hybridized carbons (Fsp3) is 0.700. The lowest BCUT2D eigenvalue weighted by atomic mass is 9.97. The zero-order chi connectivity index (χ0) is 9.76. The number of aromatic nitrogens is 2. The highest BCUT2D eigenvalue weighted by molar-refractivity contribution is 5.48. The smallest absolute Gasteiger partial charge is 0.148 e. The topological polar surface area (TPSA) is 63.9 Å². The van der Waals surface area contributed by atoms with Crippen LogP contribution >= 0.6 is 0 Å². The standard InChI is InChI=1S/C10H15N3O/c1-2-7-8(12-13-9(7)11)10-3-6(10)4-14-5-10/h6H,2-5H2,1H3,(H3,11,12,13). The molecule has 3 N–H and O–H groups in total. The summed E-state index contributed by atoms with van der Waals surface area (Å²) in [6, 6.07) is 0. The fourth-order valence-corrected chi connectivity index (χ4v) is 2.69. The first-order valence-corrected chi connectivity index (χ1v) is 5.19. The van der Waals surface area contributed by atoms with E-state index in [4.69, 9.17) is 10.5 Å². The summed E-state index contributed by atoms with van der Waals surface area (Å²) < 4.78 is 5.48. The van der Waals surface area contributed by atoms with Gasteiger partial charge in [0.15, 0.2) is 0 Å². The Labute approximate surface area is 82.8 Å². The van der Waals surface area contributed by atoms with E-state index < -0.39 is 0 Å². The Hall–Kier alpha value is -1.03. The van der Waals surface area contributed by atoms with E-state index in [0.29, 0.717) is 11.7 Å². The van der Waals surface area contributed by atoms with E-state index in [1.807, 2.05) is 0 Å². The molecule has 2 unspecified atom stereocenters. The fourth-order valence-electron chi connectivity index (χ4n) is 2.69. The molecule has 0 aromatic carbocycles. The van der Waals surface area contributed by atoms with Crippen molar-refractivity contribution in [2.45, 2.75) is 25.2 Å². The SMILES string of the molecule is CCc1c(N)n[nH]c1C12COCC1C2. The molecule has 1 aliphatic carbocycles. The van der Waals surface area contributed by atoms with Gasteiger partial charge in [0.2, 0.25) is 0 Å². The molecule has 1 saturated heterocycles. The van der Waals surface area contributed by atoms with Gasteiger partial charge in [0.1, 0.15) is 5.82 Å². The maximum absolute atomic E-state index is 5.81. The van der Waals surface area contributed by atoms with Crippen LogP contribution in [0.15, 0.2) is 0 Å². The summed E-state index contributed by atoms with van der Waals surface area (Å²) in [5.74, 6) is 1.36. The van der Waals surface area contributed by atoms with Crippen molar-refractivity contribution < 1.29 is 4.74 Å². The molecule has 0 amide bonds. The zero-order valence-electron chi connectivity index (χ0n) is 8.34. The number of nitrogens with zero attached hydrogens (tertiary/aromatic N) is 1. The van der Waals surface area contributed by atoms with Gasteiger partial charge in [-0.2, -0.15) is 5.10 Å². The van der Waals surface area contributed by atoms with Gasteiger partial charge in [-0.1, -0.05) is 6.92 Å². The largest absolute Gasteiger partial charge is 0.382 e. The minimum Gasteiger partial charge on any atom is -0.382 e. The normalized spacial score (nSPS) is 34.5. The molecule has 3 rings (SSSR count). The van der Waals surface area contributed by atoms with Crippen molar-refractivity contribution in [3.05, 3.63) is 11.3 Å². The molecule has 0 radical (unpaired) electrons. The third kappa shape index (κ3) is 0.843. The van der Waals surface area contributed by atoms with Crippen molar-refractivity contribution in [3.63, 3.8) is 0 Å². The third-order valence-corrected chi connectivity index (χ3v) is 3.66. The number of rotatable bonds is 2. The number of hydrogen-bond acceptors (Lipinski definition) is 3. The number of hydrogen-bond donors (Lipinski definition) is 2. The molecule has 76 valence electrons. The number of ether oxygens (including phenoxy) is 1. The molecule has 1 aliphatic heterocycles. The summed E-state index contributed by atoms with van der Waals surface area (Å²) in [5.41, 5.74) is 8.49. The number of fused-ring (bicyclic) bond motifs is 1. The van der Waals surface area contributed by atoms with E-state index in [2.05, 4.69) is 17.1 Å². The van der Waals surface area contributed by atoms with Gasteiger partial charge in [0, 0.05) is 16.7 Å². The molecular formula is C10H15N3O. The van der Waals surface area contributed by atoms with Crippen molar-refractivity contribution in [2.24, 2.45) is 5.92 Å². The molecule has 1 saturated carbocycles. The summed E-state index contributed by atoms with van der Waals surface area (Å²) in [4.78, 5) is 0. The highest BCUT2D eigenvalue weighted by Crippen LogP contribution is 2.58. The second-order valence-corrected chi connectivity index (χ2v) is 4.39. The first-order chi connectivity index (χ1) is 6.78. The molecule has 2 heterocycles. The predicted molar refractivity (Wildman–Crippen MR) is 53.0 cm³/mol. The van der Waals surface area contributed by atoms with Gasteiger partial charge in [-0.3, -0.25) is 5.10 Å². The van der Waals surface area contributed by atoms with Crippen molar-refractivity contribution in [2.75, 3.05) is 18.9 Å². The lowest BCUT2D eigenvalue weighted by molar-refractivity contribution is 0.159. The van der Waals surface area contributed by atoms with Crippen molar-refractivity contribution >= 4 is 5.82 Å². The van der Waals surface area contributed by atoms with Gasteiger partial charge in [-0.15, -0.1) is 0 Å². The summed E-state index contributed by atoms with van der Waals surface area (Å²) in [7, 11) is 0. The Morgan fingerprint density at radius 1 is 1.71 bits per heavy atom. The monoisotopic (exact) mass is 193 g/mol. The van der Waals surface area contributed by atoms with Gasteiger partial charge >= 0.3 is 0 Å². The van der Waals surface area contributed by atoms with Gasteiger partial charge in [0.25, 0.3) is 0 Å². The van der Waals surface area contributed by atoms with E-state index in [9.17, 15) is 0 Å². The third-order valence-electron chi connectivity index (χ3n) is 3.66. The van der Waals surface area contributed by atoms with Gasteiger partial charge in [-0.25, -0.2) is 0 Å². The Bertz CT molecular complexity index is 373. The molecule has 0 spiro atoms. The van der Waals surface area contributed by atoms with Crippen LogP contribution in [0.25, 0.3) is 0 Å². The molecule has 1 aromatic heterocycles. The van der Waals surface area contributed by atoms with Crippen LogP contribution < -0.4 is 5.73 Å². The number of nitrogens with one attached hydrogen (secondary N) is 1. The first kappa shape index (κ1) is 8.29. The zero-order valence-corrected chi connectivity index (χ0v) is 8.34. The van der Waals surface area contributed by atoms with Crippen molar-refractivity contribution in [1.29, 1.82) is 0 Å². The van der Waals surface area contributed by atoms with Gasteiger partial charge in [-0.05, 0) is 18.8 Å². The van der Waals surface area contributed by atoms with E-state index in [-0.39, 0.29) is 5.41 Å². The molecule has 2 fully saturated rings. The van der Waals surface area contributed by atoms with Crippen LogP contribution in [0.5, 0.6) is 0 Å². The first-order valence-electron chi connectivity index (χ1n) is 5.19. The summed E-state index contributed by atoms with van der Waals surface area (Å²) >= 11 is 0. The summed E-state index contributed by atoms with van der Waals surface area (Å²) in [6.07, 6.45) is 2.19. The maximum atomic E-state index is 5.81. The molecule has 4 heteroatoms. The maximum Gasteiger partial charge on any atom is 0.148 e. The van der Waals surface area contributed by atoms with E-state index in [1.54, 1.807) is 0 Å². The number of anilines is 1. The van der Waals surface area contributed by atoms with Gasteiger partial charge in [0.05, 0.1) is 13.2 Å². The minimum atomic E-state index is 0.246. The highest BCUT2D eigenvalue weighted by atomic mass is 16.5. The quantitative estimate of drug-likeness (QED) is 0.731. The second kappa shape index (κ2) is 2.51. The Morgan fingerprint density at radius 2 is 2.57 bits per heavy atom. The Kier molecular flexibility index (Phi) is 1.49. The minimum absolute atomic E-state index is 0.246. The summed E-state index contributed by atoms with van der Waals surface area (Å²) in [6.45, 7) is 3.86. The van der Waals surface area contributed by atoms with Crippen LogP contribution in [0.1, 0.15) is 24.6 Å². The Balaban J connectivity index is 2.04. The van der Waals surface area contributed by atoms with Crippen LogP contribution in [0, 0.1) is 5.92 Å². The van der Waals surface area contributed by atoms with E-state index in [1.165, 1.54) is 17.7 Å². The van der Waals surface area contributed by atoms with E-state index in [0.717, 1.165) is 19.6 Å². The number of H-pyrrole nitrogens is 1. The van der Waals surface area contributed by atoms with Crippen LogP contribution in [0.3, 0.4) is 0 Å². The average molecular weight is 193 g/mol. The van der Waals surface area contributed by atoms with Crippen molar-refractivity contribution in [3.8, 4) is 0 Å². The number of nitrogen functional groups attached to an aromatic ring is 1. The van der Waals surface area contributed by atoms with Crippen molar-refractivity contribution in [1.82, 2.24) is 10.2 Å². The summed E-state index contributed by atoms with van der Waals surface area (Å²) in [5, 5.41) is 7.20. The van der Waals surface area contributed by atoms with Crippen LogP contribution in [0.2, 0.25) is 0 Å². The lowest BCUT2D eigenvalue weighted by Crippen LogP contribution is -2.14.